The predicted octanol–water partition coefficient (Wildman–Crippen LogP) is -0.252. The monoisotopic (exact) mass is 148 g/mol. The van der Waals surface area contributed by atoms with Crippen molar-refractivity contribution < 1.29 is 15.3 Å². The second-order valence-electron chi connectivity index (χ2n) is 2.43. The molecule has 0 bridgehead atoms. The van der Waals surface area contributed by atoms with Gasteiger partial charge in [0, 0.05) is 6.61 Å². The first-order valence-electron chi connectivity index (χ1n) is 3.66. The Morgan fingerprint density at radius 1 is 1.30 bits per heavy atom. The van der Waals surface area contributed by atoms with E-state index >= 15 is 0 Å². The highest BCUT2D eigenvalue weighted by molar-refractivity contribution is 4.65. The van der Waals surface area contributed by atoms with Crippen LogP contribution in [0.5, 0.6) is 0 Å². The van der Waals surface area contributed by atoms with Gasteiger partial charge in [0.15, 0.2) is 0 Å². The third kappa shape index (κ3) is 3.15. The highest BCUT2D eigenvalue weighted by Crippen LogP contribution is 2.11. The van der Waals surface area contributed by atoms with Crippen molar-refractivity contribution >= 4 is 0 Å². The Bertz CT molecular complexity index is 75.3. The summed E-state index contributed by atoms with van der Waals surface area (Å²) in [5.41, 5.74) is 0. The fourth-order valence-electron chi connectivity index (χ4n) is 0.983. The zero-order chi connectivity index (χ0) is 7.98. The first-order chi connectivity index (χ1) is 4.76. The number of aliphatic hydroxyl groups excluding tert-OH is 3. The minimum atomic E-state index is -0.669. The molecule has 0 saturated heterocycles. The van der Waals surface area contributed by atoms with Gasteiger partial charge in [0.1, 0.15) is 0 Å². The lowest BCUT2D eigenvalue weighted by molar-refractivity contribution is 0.0354. The predicted molar refractivity (Wildman–Crippen MR) is 38.6 cm³/mol. The molecule has 0 aromatic heterocycles. The molecule has 0 aliphatic rings. The molecule has 2 atom stereocenters. The molecule has 0 rings (SSSR count). The Balaban J connectivity index is 3.56. The van der Waals surface area contributed by atoms with Gasteiger partial charge in [0.05, 0.1) is 12.7 Å². The third-order valence-electron chi connectivity index (χ3n) is 1.76. The Kier molecular flexibility index (Phi) is 5.58. The van der Waals surface area contributed by atoms with Crippen LogP contribution >= 0.6 is 0 Å². The molecule has 10 heavy (non-hydrogen) atoms. The molecular formula is C7H16O3. The van der Waals surface area contributed by atoms with Crippen molar-refractivity contribution in [1.29, 1.82) is 0 Å². The van der Waals surface area contributed by atoms with E-state index < -0.39 is 6.10 Å². The minimum absolute atomic E-state index is 0.0370. The van der Waals surface area contributed by atoms with Crippen LogP contribution in [-0.2, 0) is 0 Å². The van der Waals surface area contributed by atoms with E-state index in [1.165, 1.54) is 0 Å². The minimum Gasteiger partial charge on any atom is -0.396 e. The normalized spacial score (nSPS) is 16.8. The van der Waals surface area contributed by atoms with E-state index in [4.69, 9.17) is 15.3 Å². The maximum absolute atomic E-state index is 9.09. The van der Waals surface area contributed by atoms with Gasteiger partial charge in [0.2, 0.25) is 0 Å². The SMILES string of the molecule is CCC(CCO)C(O)CO. The molecule has 3 heteroatoms. The second kappa shape index (κ2) is 5.65. The smallest absolute Gasteiger partial charge is 0.0799 e. The molecule has 0 aromatic rings. The van der Waals surface area contributed by atoms with Gasteiger partial charge in [-0.15, -0.1) is 0 Å². The van der Waals surface area contributed by atoms with Crippen LogP contribution in [-0.4, -0.2) is 34.6 Å². The summed E-state index contributed by atoms with van der Waals surface area (Å²) in [5.74, 6) is 0.0370. The Hall–Kier alpha value is -0.120. The summed E-state index contributed by atoms with van der Waals surface area (Å²) in [6, 6.07) is 0. The lowest BCUT2D eigenvalue weighted by Gasteiger charge is -2.17. The lowest BCUT2D eigenvalue weighted by atomic mass is 9.97. The largest absolute Gasteiger partial charge is 0.396 e. The summed E-state index contributed by atoms with van der Waals surface area (Å²) in [6.07, 6.45) is 0.692. The number of hydrogen-bond acceptors (Lipinski definition) is 3. The van der Waals surface area contributed by atoms with Crippen molar-refractivity contribution in [2.24, 2.45) is 5.92 Å². The van der Waals surface area contributed by atoms with E-state index in [9.17, 15) is 0 Å². The maximum atomic E-state index is 9.09. The highest BCUT2D eigenvalue weighted by atomic mass is 16.3. The van der Waals surface area contributed by atoms with Gasteiger partial charge in [-0.3, -0.25) is 0 Å². The topological polar surface area (TPSA) is 60.7 Å². The van der Waals surface area contributed by atoms with Gasteiger partial charge >= 0.3 is 0 Å². The van der Waals surface area contributed by atoms with Gasteiger partial charge in [-0.2, -0.15) is 0 Å². The van der Waals surface area contributed by atoms with Crippen LogP contribution in [0.25, 0.3) is 0 Å². The van der Waals surface area contributed by atoms with Gasteiger partial charge < -0.3 is 15.3 Å². The molecule has 0 heterocycles. The highest BCUT2D eigenvalue weighted by Gasteiger charge is 2.14. The molecule has 0 saturated carbocycles. The van der Waals surface area contributed by atoms with Crippen molar-refractivity contribution in [3.05, 3.63) is 0 Å². The van der Waals surface area contributed by atoms with Gasteiger partial charge in [0.25, 0.3) is 0 Å². The van der Waals surface area contributed by atoms with Crippen LogP contribution in [0.2, 0.25) is 0 Å². The van der Waals surface area contributed by atoms with Crippen LogP contribution in [0, 0.1) is 5.92 Å². The van der Waals surface area contributed by atoms with Crippen molar-refractivity contribution in [3.8, 4) is 0 Å². The average molecular weight is 148 g/mol. The molecule has 0 radical (unpaired) electrons. The molecule has 62 valence electrons. The molecule has 2 unspecified atom stereocenters. The summed E-state index contributed by atoms with van der Waals surface area (Å²) in [6.45, 7) is 1.80. The van der Waals surface area contributed by atoms with E-state index in [1.807, 2.05) is 6.92 Å². The zero-order valence-corrected chi connectivity index (χ0v) is 6.32. The summed E-state index contributed by atoms with van der Waals surface area (Å²) in [4.78, 5) is 0. The standard InChI is InChI=1S/C7H16O3/c1-2-6(3-4-8)7(10)5-9/h6-10H,2-5H2,1H3. The van der Waals surface area contributed by atoms with E-state index in [-0.39, 0.29) is 19.1 Å². The first kappa shape index (κ1) is 9.88. The van der Waals surface area contributed by atoms with E-state index in [0.717, 1.165) is 6.42 Å². The third-order valence-corrected chi connectivity index (χ3v) is 1.76. The van der Waals surface area contributed by atoms with Crippen molar-refractivity contribution in [2.45, 2.75) is 25.9 Å². The molecule has 0 spiro atoms. The summed E-state index contributed by atoms with van der Waals surface area (Å²) in [5, 5.41) is 26.1. The Labute approximate surface area is 61.3 Å². The molecular weight excluding hydrogens is 132 g/mol. The number of hydrogen-bond donors (Lipinski definition) is 3. The molecule has 0 fully saturated rings. The van der Waals surface area contributed by atoms with Crippen LogP contribution in [0.3, 0.4) is 0 Å². The zero-order valence-electron chi connectivity index (χ0n) is 6.32. The lowest BCUT2D eigenvalue weighted by Crippen LogP contribution is -2.24. The van der Waals surface area contributed by atoms with E-state index in [1.54, 1.807) is 0 Å². The van der Waals surface area contributed by atoms with Crippen LogP contribution in [0.15, 0.2) is 0 Å². The van der Waals surface area contributed by atoms with Crippen molar-refractivity contribution in [3.63, 3.8) is 0 Å². The number of aliphatic hydroxyl groups is 3. The Morgan fingerprint density at radius 3 is 2.20 bits per heavy atom. The molecule has 3 nitrogen and oxygen atoms in total. The van der Waals surface area contributed by atoms with E-state index in [0.29, 0.717) is 6.42 Å². The van der Waals surface area contributed by atoms with Crippen molar-refractivity contribution in [1.82, 2.24) is 0 Å². The van der Waals surface area contributed by atoms with Crippen LogP contribution in [0.4, 0.5) is 0 Å². The van der Waals surface area contributed by atoms with Gasteiger partial charge in [-0.1, -0.05) is 13.3 Å². The fraction of sp³-hybridized carbons (Fsp3) is 1.00. The van der Waals surface area contributed by atoms with Crippen LogP contribution in [0.1, 0.15) is 19.8 Å². The fourth-order valence-corrected chi connectivity index (χ4v) is 0.983. The quantitative estimate of drug-likeness (QED) is 0.504. The summed E-state index contributed by atoms with van der Waals surface area (Å²) >= 11 is 0. The first-order valence-corrected chi connectivity index (χ1v) is 3.66. The number of rotatable bonds is 5. The molecule has 0 aliphatic heterocycles. The van der Waals surface area contributed by atoms with Gasteiger partial charge in [-0.05, 0) is 12.3 Å². The maximum Gasteiger partial charge on any atom is 0.0799 e. The molecule has 0 aromatic carbocycles. The average Bonchev–Trinajstić information content (AvgIpc) is 1.99. The molecule has 0 amide bonds. The second-order valence-corrected chi connectivity index (χ2v) is 2.43. The van der Waals surface area contributed by atoms with Gasteiger partial charge in [-0.25, -0.2) is 0 Å². The van der Waals surface area contributed by atoms with Crippen LogP contribution < -0.4 is 0 Å². The van der Waals surface area contributed by atoms with Crippen molar-refractivity contribution in [2.75, 3.05) is 13.2 Å². The molecule has 0 aliphatic carbocycles. The molecule has 3 N–H and O–H groups in total. The summed E-state index contributed by atoms with van der Waals surface area (Å²) < 4.78 is 0. The summed E-state index contributed by atoms with van der Waals surface area (Å²) in [7, 11) is 0. The Morgan fingerprint density at radius 2 is 1.90 bits per heavy atom. The van der Waals surface area contributed by atoms with E-state index in [2.05, 4.69) is 0 Å².